The summed E-state index contributed by atoms with van der Waals surface area (Å²) in [6.07, 6.45) is -0.542. The van der Waals surface area contributed by atoms with Gasteiger partial charge in [0, 0.05) is 23.3 Å². The quantitative estimate of drug-likeness (QED) is 0.757. The van der Waals surface area contributed by atoms with Crippen molar-refractivity contribution in [2.75, 3.05) is 6.54 Å². The fourth-order valence-corrected chi connectivity index (χ4v) is 3.18. The van der Waals surface area contributed by atoms with Crippen molar-refractivity contribution in [3.63, 3.8) is 0 Å². The van der Waals surface area contributed by atoms with Crippen LogP contribution in [-0.4, -0.2) is 11.7 Å². The Labute approximate surface area is 133 Å². The summed E-state index contributed by atoms with van der Waals surface area (Å²) in [4.78, 5) is 1.10. The molecule has 3 nitrogen and oxygen atoms in total. The average molecular weight is 308 g/mol. The highest BCUT2D eigenvalue weighted by atomic mass is 32.1. The minimum atomic E-state index is -0.542. The van der Waals surface area contributed by atoms with Gasteiger partial charge in [-0.3, -0.25) is 0 Å². The van der Waals surface area contributed by atoms with Crippen LogP contribution in [0, 0.1) is 11.3 Å². The molecule has 2 aromatic carbocycles. The minimum absolute atomic E-state index is 0.484. The summed E-state index contributed by atoms with van der Waals surface area (Å²) in [5.41, 5.74) is 1.60. The van der Waals surface area contributed by atoms with Crippen molar-refractivity contribution in [3.05, 3.63) is 69.9 Å². The monoisotopic (exact) mass is 308 g/mol. The summed E-state index contributed by atoms with van der Waals surface area (Å²) in [7, 11) is 0. The molecule has 0 amide bonds. The topological polar surface area (TPSA) is 56.0 Å². The van der Waals surface area contributed by atoms with E-state index in [-0.39, 0.29) is 0 Å². The van der Waals surface area contributed by atoms with Gasteiger partial charge in [-0.25, -0.2) is 0 Å². The van der Waals surface area contributed by atoms with Crippen LogP contribution in [0.15, 0.2) is 53.9 Å². The fraction of sp³-hybridized carbons (Fsp3) is 0.167. The van der Waals surface area contributed by atoms with Crippen molar-refractivity contribution in [2.24, 2.45) is 0 Å². The summed E-state index contributed by atoms with van der Waals surface area (Å²) in [6.45, 7) is 1.15. The van der Waals surface area contributed by atoms with E-state index in [2.05, 4.69) is 17.5 Å². The van der Waals surface area contributed by atoms with Crippen LogP contribution in [0.1, 0.15) is 22.1 Å². The molecule has 0 aliphatic heterocycles. The number of aliphatic hydroxyl groups excluding tert-OH is 1. The standard InChI is InChI=1S/C18H16N2OS/c19-9-13-7-17(22-12-13)10-20-11-18(21)16-6-5-14-3-1-2-4-15(14)8-16/h1-8,12,18,20-21H,10-11H2. The van der Waals surface area contributed by atoms with Crippen molar-refractivity contribution in [3.8, 4) is 6.07 Å². The lowest BCUT2D eigenvalue weighted by atomic mass is 10.0. The first-order chi connectivity index (χ1) is 10.8. The number of hydrogen-bond acceptors (Lipinski definition) is 4. The number of aliphatic hydroxyl groups is 1. The zero-order valence-corrected chi connectivity index (χ0v) is 12.8. The summed E-state index contributed by atoms with van der Waals surface area (Å²) >= 11 is 1.56. The summed E-state index contributed by atoms with van der Waals surface area (Å²) in [5, 5.41) is 26.5. The van der Waals surface area contributed by atoms with Crippen molar-refractivity contribution in [2.45, 2.75) is 12.6 Å². The Morgan fingerprint density at radius 1 is 1.14 bits per heavy atom. The highest BCUT2D eigenvalue weighted by molar-refractivity contribution is 7.10. The minimum Gasteiger partial charge on any atom is -0.387 e. The summed E-state index contributed by atoms with van der Waals surface area (Å²) in [5.74, 6) is 0. The van der Waals surface area contributed by atoms with Crippen LogP contribution in [-0.2, 0) is 6.54 Å². The molecule has 110 valence electrons. The molecule has 0 saturated heterocycles. The van der Waals surface area contributed by atoms with Crippen LogP contribution < -0.4 is 5.32 Å². The number of hydrogen-bond donors (Lipinski definition) is 2. The van der Waals surface area contributed by atoms with Crippen LogP contribution in [0.4, 0.5) is 0 Å². The largest absolute Gasteiger partial charge is 0.387 e. The molecule has 3 rings (SSSR count). The Morgan fingerprint density at radius 2 is 1.95 bits per heavy atom. The Hall–Kier alpha value is -2.19. The highest BCUT2D eigenvalue weighted by Gasteiger charge is 2.08. The second-order valence-corrected chi connectivity index (χ2v) is 6.16. The van der Waals surface area contributed by atoms with Crippen molar-refractivity contribution in [1.29, 1.82) is 5.26 Å². The normalized spacial score (nSPS) is 12.2. The van der Waals surface area contributed by atoms with E-state index >= 15 is 0 Å². The summed E-state index contributed by atoms with van der Waals surface area (Å²) < 4.78 is 0. The number of benzene rings is 2. The number of fused-ring (bicyclic) bond motifs is 1. The van der Waals surface area contributed by atoms with E-state index < -0.39 is 6.10 Å². The van der Waals surface area contributed by atoms with Crippen LogP contribution in [0.3, 0.4) is 0 Å². The Kier molecular flexibility index (Phi) is 4.50. The lowest BCUT2D eigenvalue weighted by Crippen LogP contribution is -2.20. The molecule has 1 aromatic heterocycles. The lowest BCUT2D eigenvalue weighted by Gasteiger charge is -2.12. The molecule has 1 unspecified atom stereocenters. The van der Waals surface area contributed by atoms with E-state index in [9.17, 15) is 5.11 Å². The number of thiophene rings is 1. The first-order valence-corrected chi connectivity index (χ1v) is 7.99. The highest BCUT2D eigenvalue weighted by Crippen LogP contribution is 2.20. The molecule has 1 heterocycles. The van der Waals surface area contributed by atoms with Crippen LogP contribution in [0.25, 0.3) is 10.8 Å². The molecule has 22 heavy (non-hydrogen) atoms. The number of rotatable bonds is 5. The number of nitrogens with zero attached hydrogens (tertiary/aromatic N) is 1. The third kappa shape index (κ3) is 3.34. The molecule has 0 aliphatic carbocycles. The molecule has 0 fully saturated rings. The third-order valence-corrected chi connectivity index (χ3v) is 4.51. The Morgan fingerprint density at radius 3 is 2.73 bits per heavy atom. The first kappa shape index (κ1) is 14.7. The number of nitriles is 1. The molecule has 2 N–H and O–H groups in total. The molecule has 3 aromatic rings. The van der Waals surface area contributed by atoms with Gasteiger partial charge in [0.15, 0.2) is 0 Å². The predicted octanol–water partition coefficient (Wildman–Crippen LogP) is 3.60. The predicted molar refractivity (Wildman–Crippen MR) is 89.6 cm³/mol. The van der Waals surface area contributed by atoms with E-state index in [0.717, 1.165) is 15.8 Å². The third-order valence-electron chi connectivity index (χ3n) is 3.58. The van der Waals surface area contributed by atoms with Gasteiger partial charge in [0.1, 0.15) is 6.07 Å². The first-order valence-electron chi connectivity index (χ1n) is 7.11. The molecule has 0 spiro atoms. The zero-order valence-electron chi connectivity index (χ0n) is 12.0. The Balaban J connectivity index is 1.60. The van der Waals surface area contributed by atoms with Gasteiger partial charge in [-0.05, 0) is 28.5 Å². The average Bonchev–Trinajstić information content (AvgIpc) is 3.02. The van der Waals surface area contributed by atoms with Gasteiger partial charge in [-0.1, -0.05) is 36.4 Å². The van der Waals surface area contributed by atoms with Gasteiger partial charge in [-0.15, -0.1) is 11.3 Å². The maximum Gasteiger partial charge on any atom is 0.100 e. The van der Waals surface area contributed by atoms with Gasteiger partial charge in [0.05, 0.1) is 11.7 Å². The van der Waals surface area contributed by atoms with E-state index in [1.807, 2.05) is 47.8 Å². The van der Waals surface area contributed by atoms with Crippen LogP contribution >= 0.6 is 11.3 Å². The maximum absolute atomic E-state index is 10.3. The Bertz CT molecular complexity index is 819. The van der Waals surface area contributed by atoms with Gasteiger partial charge >= 0.3 is 0 Å². The van der Waals surface area contributed by atoms with E-state index in [4.69, 9.17) is 5.26 Å². The summed E-state index contributed by atoms with van der Waals surface area (Å²) in [6, 6.07) is 18.1. The number of nitrogens with one attached hydrogen (secondary N) is 1. The maximum atomic E-state index is 10.3. The molecular weight excluding hydrogens is 292 g/mol. The molecule has 0 radical (unpaired) electrons. The second kappa shape index (κ2) is 6.71. The van der Waals surface area contributed by atoms with Gasteiger partial charge < -0.3 is 10.4 Å². The van der Waals surface area contributed by atoms with Crippen molar-refractivity contribution < 1.29 is 5.11 Å². The smallest absolute Gasteiger partial charge is 0.100 e. The molecule has 0 saturated carbocycles. The second-order valence-electron chi connectivity index (χ2n) is 5.17. The lowest BCUT2D eigenvalue weighted by molar-refractivity contribution is 0.174. The molecule has 0 aliphatic rings. The van der Waals surface area contributed by atoms with Crippen molar-refractivity contribution >= 4 is 22.1 Å². The molecule has 4 heteroatoms. The van der Waals surface area contributed by atoms with Gasteiger partial charge in [-0.2, -0.15) is 5.26 Å². The fourth-order valence-electron chi connectivity index (χ4n) is 2.40. The molecule has 0 bridgehead atoms. The molecular formula is C18H16N2OS. The van der Waals surface area contributed by atoms with Gasteiger partial charge in [0.25, 0.3) is 0 Å². The van der Waals surface area contributed by atoms with E-state index in [0.29, 0.717) is 18.7 Å². The SMILES string of the molecule is N#Cc1csc(CNCC(O)c2ccc3ccccc3c2)c1. The zero-order chi connectivity index (χ0) is 15.4. The van der Waals surface area contributed by atoms with Gasteiger partial charge in [0.2, 0.25) is 0 Å². The van der Waals surface area contributed by atoms with E-state index in [1.165, 1.54) is 5.39 Å². The molecule has 1 atom stereocenters. The van der Waals surface area contributed by atoms with Crippen molar-refractivity contribution in [1.82, 2.24) is 5.32 Å². The van der Waals surface area contributed by atoms with Crippen LogP contribution in [0.2, 0.25) is 0 Å². The van der Waals surface area contributed by atoms with Crippen LogP contribution in [0.5, 0.6) is 0 Å². The van der Waals surface area contributed by atoms with E-state index in [1.54, 1.807) is 11.3 Å².